The number of nitrogens with two attached hydrogens (primary N) is 1. The lowest BCUT2D eigenvalue weighted by Crippen LogP contribution is -2.56. The molecule has 3 rings (SSSR count). The summed E-state index contributed by atoms with van der Waals surface area (Å²) in [5.41, 5.74) is 7.81. The SMILES string of the molecule is Cc1cc(NC(=O)C2(N)CCC2)ccc1N1CCOCC1=O. The third-order valence-electron chi connectivity index (χ3n) is 4.43. The molecule has 6 heteroatoms. The van der Waals surface area contributed by atoms with Crippen LogP contribution in [-0.2, 0) is 14.3 Å². The maximum atomic E-state index is 12.1. The van der Waals surface area contributed by atoms with Crippen LogP contribution >= 0.6 is 0 Å². The Bertz CT molecular complexity index is 611. The van der Waals surface area contributed by atoms with Crippen LogP contribution in [0.1, 0.15) is 24.8 Å². The molecule has 1 aromatic rings. The maximum absolute atomic E-state index is 12.1. The fourth-order valence-electron chi connectivity index (χ4n) is 2.85. The number of carbonyl (C=O) groups excluding carboxylic acids is 2. The van der Waals surface area contributed by atoms with E-state index in [0.29, 0.717) is 18.8 Å². The summed E-state index contributed by atoms with van der Waals surface area (Å²) >= 11 is 0. The minimum absolute atomic E-state index is 0.0403. The highest BCUT2D eigenvalue weighted by Gasteiger charge is 2.40. The summed E-state index contributed by atoms with van der Waals surface area (Å²) in [6.07, 6.45) is 2.47. The number of anilines is 2. The van der Waals surface area contributed by atoms with E-state index in [1.54, 1.807) is 4.90 Å². The zero-order valence-corrected chi connectivity index (χ0v) is 12.7. The van der Waals surface area contributed by atoms with Crippen molar-refractivity contribution in [1.29, 1.82) is 0 Å². The molecule has 2 amide bonds. The van der Waals surface area contributed by atoms with Gasteiger partial charge >= 0.3 is 0 Å². The summed E-state index contributed by atoms with van der Waals surface area (Å²) in [7, 11) is 0. The van der Waals surface area contributed by atoms with E-state index in [9.17, 15) is 9.59 Å². The summed E-state index contributed by atoms with van der Waals surface area (Å²) in [6, 6.07) is 5.54. The van der Waals surface area contributed by atoms with Crippen LogP contribution in [0.4, 0.5) is 11.4 Å². The van der Waals surface area contributed by atoms with E-state index in [2.05, 4.69) is 5.32 Å². The highest BCUT2D eigenvalue weighted by molar-refractivity contribution is 5.99. The normalized spacial score (nSPS) is 20.5. The number of nitrogens with zero attached hydrogens (tertiary/aromatic N) is 1. The molecule has 1 aliphatic heterocycles. The number of amides is 2. The van der Waals surface area contributed by atoms with Crippen molar-refractivity contribution in [3.05, 3.63) is 23.8 Å². The third kappa shape index (κ3) is 2.71. The van der Waals surface area contributed by atoms with Gasteiger partial charge in [0, 0.05) is 17.9 Å². The number of nitrogens with one attached hydrogen (secondary N) is 1. The van der Waals surface area contributed by atoms with Crippen LogP contribution in [0.25, 0.3) is 0 Å². The molecule has 0 bridgehead atoms. The predicted molar refractivity (Wildman–Crippen MR) is 83.8 cm³/mol. The van der Waals surface area contributed by atoms with Gasteiger partial charge in [0.05, 0.1) is 12.1 Å². The standard InChI is InChI=1S/C16H21N3O3/c1-11-9-12(18-15(21)16(17)5-2-6-16)3-4-13(11)19-7-8-22-10-14(19)20/h3-4,9H,2,5-8,10,17H2,1H3,(H,18,21). The van der Waals surface area contributed by atoms with Crippen molar-refractivity contribution in [2.75, 3.05) is 30.0 Å². The van der Waals surface area contributed by atoms with Gasteiger partial charge in [-0.1, -0.05) is 0 Å². The van der Waals surface area contributed by atoms with Crippen LogP contribution in [-0.4, -0.2) is 37.1 Å². The number of ether oxygens (including phenoxy) is 1. The van der Waals surface area contributed by atoms with Crippen LogP contribution in [0.2, 0.25) is 0 Å². The quantitative estimate of drug-likeness (QED) is 0.878. The molecule has 22 heavy (non-hydrogen) atoms. The minimum Gasteiger partial charge on any atom is -0.370 e. The summed E-state index contributed by atoms with van der Waals surface area (Å²) < 4.78 is 5.14. The second kappa shape index (κ2) is 5.70. The molecular weight excluding hydrogens is 282 g/mol. The Labute approximate surface area is 129 Å². The lowest BCUT2D eigenvalue weighted by atomic mass is 9.77. The Morgan fingerprint density at radius 1 is 1.41 bits per heavy atom. The number of benzene rings is 1. The Hall–Kier alpha value is -1.92. The average molecular weight is 303 g/mol. The maximum Gasteiger partial charge on any atom is 0.253 e. The van der Waals surface area contributed by atoms with Gasteiger partial charge in [-0.25, -0.2) is 0 Å². The molecule has 0 radical (unpaired) electrons. The lowest BCUT2D eigenvalue weighted by Gasteiger charge is -2.36. The zero-order chi connectivity index (χ0) is 15.7. The molecule has 2 aliphatic rings. The molecule has 0 spiro atoms. The molecule has 1 aromatic carbocycles. The summed E-state index contributed by atoms with van der Waals surface area (Å²) in [4.78, 5) is 25.8. The number of hydrogen-bond acceptors (Lipinski definition) is 4. The van der Waals surface area contributed by atoms with Crippen molar-refractivity contribution in [3.63, 3.8) is 0 Å². The molecule has 2 fully saturated rings. The highest BCUT2D eigenvalue weighted by Crippen LogP contribution is 2.31. The molecule has 0 aromatic heterocycles. The summed E-state index contributed by atoms with van der Waals surface area (Å²) in [6.45, 7) is 3.14. The van der Waals surface area contributed by atoms with Gasteiger partial charge in [-0.05, 0) is 49.9 Å². The van der Waals surface area contributed by atoms with E-state index in [-0.39, 0.29) is 18.4 Å². The second-order valence-electron chi connectivity index (χ2n) is 6.06. The average Bonchev–Trinajstić information content (AvgIpc) is 2.46. The van der Waals surface area contributed by atoms with Crippen LogP contribution in [0.3, 0.4) is 0 Å². The molecule has 6 nitrogen and oxygen atoms in total. The van der Waals surface area contributed by atoms with E-state index in [1.165, 1.54) is 0 Å². The van der Waals surface area contributed by atoms with Gasteiger partial charge in [0.2, 0.25) is 5.91 Å². The van der Waals surface area contributed by atoms with E-state index < -0.39 is 5.54 Å². The Balaban J connectivity index is 1.74. The third-order valence-corrected chi connectivity index (χ3v) is 4.43. The zero-order valence-electron chi connectivity index (χ0n) is 12.7. The van der Waals surface area contributed by atoms with Crippen molar-refractivity contribution in [2.24, 2.45) is 5.73 Å². The van der Waals surface area contributed by atoms with Crippen molar-refractivity contribution in [2.45, 2.75) is 31.7 Å². The Kier molecular flexibility index (Phi) is 3.88. The monoisotopic (exact) mass is 303 g/mol. The van der Waals surface area contributed by atoms with Crippen molar-refractivity contribution >= 4 is 23.2 Å². The van der Waals surface area contributed by atoms with Crippen LogP contribution < -0.4 is 16.0 Å². The van der Waals surface area contributed by atoms with Crippen molar-refractivity contribution in [1.82, 2.24) is 0 Å². The lowest BCUT2D eigenvalue weighted by molar-refractivity contribution is -0.126. The minimum atomic E-state index is -0.716. The molecule has 1 saturated carbocycles. The molecule has 0 atom stereocenters. The molecular formula is C16H21N3O3. The largest absolute Gasteiger partial charge is 0.370 e. The summed E-state index contributed by atoms with van der Waals surface area (Å²) in [5.74, 6) is -0.171. The van der Waals surface area contributed by atoms with Gasteiger partial charge < -0.3 is 20.7 Å². The van der Waals surface area contributed by atoms with Crippen molar-refractivity contribution < 1.29 is 14.3 Å². The number of aryl methyl sites for hydroxylation is 1. The van der Waals surface area contributed by atoms with Crippen LogP contribution in [0.15, 0.2) is 18.2 Å². The van der Waals surface area contributed by atoms with Gasteiger partial charge in [-0.3, -0.25) is 9.59 Å². The Morgan fingerprint density at radius 3 is 2.77 bits per heavy atom. The predicted octanol–water partition coefficient (Wildman–Crippen LogP) is 1.18. The first-order valence-corrected chi connectivity index (χ1v) is 7.59. The molecule has 1 saturated heterocycles. The van der Waals surface area contributed by atoms with E-state index in [4.69, 9.17) is 10.5 Å². The fourth-order valence-corrected chi connectivity index (χ4v) is 2.85. The topological polar surface area (TPSA) is 84.7 Å². The number of morpholine rings is 1. The molecule has 1 heterocycles. The van der Waals surface area contributed by atoms with Gasteiger partial charge in [-0.15, -0.1) is 0 Å². The second-order valence-corrected chi connectivity index (χ2v) is 6.06. The van der Waals surface area contributed by atoms with Crippen LogP contribution in [0.5, 0.6) is 0 Å². The van der Waals surface area contributed by atoms with E-state index in [0.717, 1.165) is 30.5 Å². The molecule has 0 unspecified atom stereocenters. The first-order chi connectivity index (χ1) is 10.5. The van der Waals surface area contributed by atoms with Crippen molar-refractivity contribution in [3.8, 4) is 0 Å². The van der Waals surface area contributed by atoms with Gasteiger partial charge in [0.15, 0.2) is 0 Å². The first-order valence-electron chi connectivity index (χ1n) is 7.59. The molecule has 118 valence electrons. The van der Waals surface area contributed by atoms with Crippen LogP contribution in [0, 0.1) is 6.92 Å². The Morgan fingerprint density at radius 2 is 2.18 bits per heavy atom. The van der Waals surface area contributed by atoms with Gasteiger partial charge in [0.25, 0.3) is 5.91 Å². The van der Waals surface area contributed by atoms with Gasteiger partial charge in [-0.2, -0.15) is 0 Å². The fraction of sp³-hybridized carbons (Fsp3) is 0.500. The first kappa shape index (κ1) is 15.0. The molecule has 3 N–H and O–H groups in total. The summed E-state index contributed by atoms with van der Waals surface area (Å²) in [5, 5.41) is 2.87. The van der Waals surface area contributed by atoms with Gasteiger partial charge in [0.1, 0.15) is 6.61 Å². The molecule has 1 aliphatic carbocycles. The highest BCUT2D eigenvalue weighted by atomic mass is 16.5. The number of carbonyl (C=O) groups is 2. The van der Waals surface area contributed by atoms with E-state index >= 15 is 0 Å². The van der Waals surface area contributed by atoms with E-state index in [1.807, 2.05) is 25.1 Å². The number of rotatable bonds is 3. The number of hydrogen-bond donors (Lipinski definition) is 2. The smallest absolute Gasteiger partial charge is 0.253 e.